The Morgan fingerprint density at radius 1 is 1.07 bits per heavy atom. The van der Waals surface area contributed by atoms with Gasteiger partial charge in [0.25, 0.3) is 5.56 Å². The highest BCUT2D eigenvalue weighted by molar-refractivity contribution is 7.17. The van der Waals surface area contributed by atoms with Crippen LogP contribution in [-0.4, -0.2) is 34.1 Å². The zero-order valence-corrected chi connectivity index (χ0v) is 17.4. The van der Waals surface area contributed by atoms with E-state index < -0.39 is 0 Å². The van der Waals surface area contributed by atoms with Gasteiger partial charge in [-0.2, -0.15) is 0 Å². The molecular weight excluding hydrogens is 366 g/mol. The van der Waals surface area contributed by atoms with Gasteiger partial charge in [0.2, 0.25) is 0 Å². The predicted octanol–water partition coefficient (Wildman–Crippen LogP) is 4.93. The average molecular weight is 392 g/mol. The van der Waals surface area contributed by atoms with Crippen molar-refractivity contribution in [1.29, 1.82) is 0 Å². The number of fused-ring (bicyclic) bond motifs is 2. The molecule has 144 valence electrons. The van der Waals surface area contributed by atoms with Crippen LogP contribution in [-0.2, 0) is 6.54 Å². The molecule has 0 aliphatic rings. The summed E-state index contributed by atoms with van der Waals surface area (Å²) in [7, 11) is 0. The topological polar surface area (TPSA) is 38.1 Å². The molecule has 0 spiro atoms. The second-order valence-corrected chi connectivity index (χ2v) is 7.89. The normalized spacial score (nSPS) is 11.7. The second kappa shape index (κ2) is 7.86. The molecule has 4 rings (SSSR count). The largest absolute Gasteiger partial charge is 0.302 e. The number of likely N-dealkylation sites (N-methyl/N-ethyl adjacent to an activating group) is 1. The van der Waals surface area contributed by atoms with E-state index in [1.165, 1.54) is 10.8 Å². The highest BCUT2D eigenvalue weighted by atomic mass is 32.1. The Morgan fingerprint density at radius 2 is 1.82 bits per heavy atom. The molecule has 0 atom stereocenters. The fourth-order valence-electron chi connectivity index (χ4n) is 3.74. The molecule has 2 heterocycles. The molecule has 0 radical (unpaired) electrons. The monoisotopic (exact) mass is 391 g/mol. The van der Waals surface area contributed by atoms with E-state index in [0.717, 1.165) is 46.8 Å². The number of benzene rings is 2. The number of aryl methyl sites for hydroxylation is 1. The van der Waals surface area contributed by atoms with Gasteiger partial charge in [-0.1, -0.05) is 50.2 Å². The number of hydrogen-bond donors (Lipinski definition) is 0. The second-order valence-electron chi connectivity index (χ2n) is 7.03. The van der Waals surface area contributed by atoms with Gasteiger partial charge in [0.15, 0.2) is 0 Å². The van der Waals surface area contributed by atoms with E-state index in [4.69, 9.17) is 4.98 Å². The van der Waals surface area contributed by atoms with Crippen LogP contribution >= 0.6 is 11.3 Å². The fourth-order valence-corrected chi connectivity index (χ4v) is 4.72. The summed E-state index contributed by atoms with van der Waals surface area (Å²) in [6, 6.07) is 14.7. The molecule has 5 heteroatoms. The van der Waals surface area contributed by atoms with E-state index in [0.29, 0.717) is 6.54 Å². The van der Waals surface area contributed by atoms with Crippen LogP contribution in [0.3, 0.4) is 0 Å². The minimum Gasteiger partial charge on any atom is -0.302 e. The van der Waals surface area contributed by atoms with Crippen molar-refractivity contribution in [3.05, 3.63) is 64.0 Å². The smallest absolute Gasteiger partial charge is 0.262 e. The minimum absolute atomic E-state index is 0.0686. The summed E-state index contributed by atoms with van der Waals surface area (Å²) >= 11 is 1.55. The summed E-state index contributed by atoms with van der Waals surface area (Å²) in [5, 5.41) is 5.19. The first-order chi connectivity index (χ1) is 13.6. The van der Waals surface area contributed by atoms with Crippen LogP contribution in [0.15, 0.2) is 52.6 Å². The maximum absolute atomic E-state index is 13.4. The lowest BCUT2D eigenvalue weighted by Crippen LogP contribution is -2.32. The van der Waals surface area contributed by atoms with Crippen LogP contribution in [0.2, 0.25) is 0 Å². The number of aromatic nitrogens is 2. The lowest BCUT2D eigenvalue weighted by atomic mass is 10.0. The Kier molecular flexibility index (Phi) is 5.29. The summed E-state index contributed by atoms with van der Waals surface area (Å²) in [5.74, 6) is 0.788. The lowest BCUT2D eigenvalue weighted by molar-refractivity contribution is 0.288. The fraction of sp³-hybridized carbons (Fsp3) is 0.304. The van der Waals surface area contributed by atoms with Gasteiger partial charge in [-0.15, -0.1) is 11.3 Å². The first-order valence-electron chi connectivity index (χ1n) is 9.82. The van der Waals surface area contributed by atoms with E-state index >= 15 is 0 Å². The van der Waals surface area contributed by atoms with Crippen LogP contribution in [0.4, 0.5) is 0 Å². The van der Waals surface area contributed by atoms with Crippen molar-refractivity contribution < 1.29 is 0 Å². The summed E-state index contributed by atoms with van der Waals surface area (Å²) in [6.45, 7) is 9.73. The predicted molar refractivity (Wildman–Crippen MR) is 119 cm³/mol. The molecular formula is C23H25N3OS. The maximum atomic E-state index is 13.4. The van der Waals surface area contributed by atoms with Crippen LogP contribution in [0.25, 0.3) is 32.1 Å². The van der Waals surface area contributed by atoms with Crippen molar-refractivity contribution in [2.24, 2.45) is 0 Å². The third-order valence-electron chi connectivity index (χ3n) is 5.48. The minimum atomic E-state index is 0.0686. The Balaban J connectivity index is 1.81. The van der Waals surface area contributed by atoms with Crippen molar-refractivity contribution in [3.63, 3.8) is 0 Å². The highest BCUT2D eigenvalue weighted by Gasteiger charge is 2.16. The number of hydrogen-bond acceptors (Lipinski definition) is 4. The van der Waals surface area contributed by atoms with Crippen LogP contribution in [0.5, 0.6) is 0 Å². The van der Waals surface area contributed by atoms with Crippen molar-refractivity contribution in [1.82, 2.24) is 14.5 Å². The number of nitrogens with zero attached hydrogens (tertiary/aromatic N) is 3. The molecule has 0 aliphatic carbocycles. The summed E-state index contributed by atoms with van der Waals surface area (Å²) in [5.41, 5.74) is 2.13. The lowest BCUT2D eigenvalue weighted by Gasteiger charge is -2.19. The zero-order chi connectivity index (χ0) is 19.7. The van der Waals surface area contributed by atoms with Gasteiger partial charge < -0.3 is 4.90 Å². The first kappa shape index (κ1) is 18.8. The molecule has 0 amide bonds. The van der Waals surface area contributed by atoms with E-state index in [1.54, 1.807) is 11.3 Å². The van der Waals surface area contributed by atoms with Crippen molar-refractivity contribution in [3.8, 4) is 11.1 Å². The van der Waals surface area contributed by atoms with Crippen LogP contribution < -0.4 is 5.56 Å². The molecule has 0 saturated heterocycles. The van der Waals surface area contributed by atoms with E-state index in [-0.39, 0.29) is 5.56 Å². The van der Waals surface area contributed by atoms with E-state index in [9.17, 15) is 4.79 Å². The molecule has 28 heavy (non-hydrogen) atoms. The maximum Gasteiger partial charge on any atom is 0.262 e. The molecule has 2 aromatic heterocycles. The molecule has 0 unspecified atom stereocenters. The van der Waals surface area contributed by atoms with Gasteiger partial charge in [-0.25, -0.2) is 4.98 Å². The summed E-state index contributed by atoms with van der Waals surface area (Å²) < 4.78 is 1.83. The Labute approximate surface area is 169 Å². The number of rotatable bonds is 6. The van der Waals surface area contributed by atoms with Gasteiger partial charge >= 0.3 is 0 Å². The average Bonchev–Trinajstić information content (AvgIpc) is 3.14. The molecule has 4 nitrogen and oxygen atoms in total. The SMILES string of the molecule is CCN(CC)CCn1c(C)nc2scc(-c3ccc4ccccc4c3)c2c1=O. The van der Waals surface area contributed by atoms with Gasteiger partial charge in [0.1, 0.15) is 10.7 Å². The molecule has 4 aromatic rings. The van der Waals surface area contributed by atoms with Gasteiger partial charge in [0.05, 0.1) is 5.39 Å². The molecule has 0 bridgehead atoms. The Morgan fingerprint density at radius 3 is 2.57 bits per heavy atom. The molecule has 2 aromatic carbocycles. The number of thiophene rings is 1. The zero-order valence-electron chi connectivity index (χ0n) is 16.6. The molecule has 0 N–H and O–H groups in total. The third-order valence-corrected chi connectivity index (χ3v) is 6.35. The Hall–Kier alpha value is -2.50. The Bertz CT molecular complexity index is 1190. The van der Waals surface area contributed by atoms with E-state index in [2.05, 4.69) is 54.5 Å². The van der Waals surface area contributed by atoms with Crippen LogP contribution in [0.1, 0.15) is 19.7 Å². The molecule has 0 fully saturated rings. The standard InChI is InChI=1S/C23H25N3OS/c1-4-25(5-2)12-13-26-16(3)24-22-21(23(26)27)20(15-28-22)19-11-10-17-8-6-7-9-18(17)14-19/h6-11,14-15H,4-5,12-13H2,1-3H3. The third kappa shape index (κ3) is 3.36. The summed E-state index contributed by atoms with van der Waals surface area (Å²) in [6.07, 6.45) is 0. The summed E-state index contributed by atoms with van der Waals surface area (Å²) in [4.78, 5) is 21.3. The first-order valence-corrected chi connectivity index (χ1v) is 10.7. The molecule has 0 aliphatic heterocycles. The highest BCUT2D eigenvalue weighted by Crippen LogP contribution is 2.32. The van der Waals surface area contributed by atoms with Gasteiger partial charge in [0, 0.05) is 24.0 Å². The van der Waals surface area contributed by atoms with Crippen LogP contribution in [0, 0.1) is 6.92 Å². The van der Waals surface area contributed by atoms with Crippen molar-refractivity contribution in [2.75, 3.05) is 19.6 Å². The van der Waals surface area contributed by atoms with Gasteiger partial charge in [-0.3, -0.25) is 9.36 Å². The van der Waals surface area contributed by atoms with Crippen molar-refractivity contribution >= 4 is 32.3 Å². The van der Waals surface area contributed by atoms with Gasteiger partial charge in [-0.05, 0) is 42.4 Å². The quantitative estimate of drug-likeness (QED) is 0.468. The molecule has 0 saturated carbocycles. The van der Waals surface area contributed by atoms with E-state index in [1.807, 2.05) is 23.6 Å². The van der Waals surface area contributed by atoms with Crippen molar-refractivity contribution in [2.45, 2.75) is 27.3 Å².